The Kier molecular flexibility index (Phi) is 4.74. The summed E-state index contributed by atoms with van der Waals surface area (Å²) >= 11 is 0. The van der Waals surface area contributed by atoms with E-state index >= 15 is 0 Å². The van der Waals surface area contributed by atoms with E-state index in [2.05, 4.69) is 13.8 Å². The quantitative estimate of drug-likeness (QED) is 0.834. The molecule has 0 amide bonds. The molecular formula is C13H20FNO. The highest BCUT2D eigenvalue weighted by Crippen LogP contribution is 2.25. The molecule has 3 heteroatoms. The standard InChI is InChI=1S/C13H20FNO/c1-4-9(2)8-16-13-7-11(14)5-6-12(13)10(3)15/h5-7,9-10H,4,8,15H2,1-3H3/t9?,10-/m1/s1. The van der Waals surface area contributed by atoms with Gasteiger partial charge in [0, 0.05) is 17.7 Å². The molecule has 0 radical (unpaired) electrons. The maximum absolute atomic E-state index is 13.1. The maximum atomic E-state index is 13.1. The van der Waals surface area contributed by atoms with Crippen LogP contribution in [0.5, 0.6) is 5.75 Å². The SMILES string of the molecule is CCC(C)COc1cc(F)ccc1[C@@H](C)N. The molecule has 90 valence electrons. The van der Waals surface area contributed by atoms with Crippen LogP contribution in [-0.4, -0.2) is 6.61 Å². The molecule has 0 heterocycles. The van der Waals surface area contributed by atoms with E-state index in [1.807, 2.05) is 6.92 Å². The van der Waals surface area contributed by atoms with E-state index < -0.39 is 0 Å². The van der Waals surface area contributed by atoms with Crippen LogP contribution < -0.4 is 10.5 Å². The van der Waals surface area contributed by atoms with Gasteiger partial charge in [-0.1, -0.05) is 26.3 Å². The molecule has 0 aliphatic carbocycles. The van der Waals surface area contributed by atoms with E-state index in [-0.39, 0.29) is 11.9 Å². The first-order chi connectivity index (χ1) is 7.54. The Labute approximate surface area is 96.6 Å². The second-order valence-electron chi connectivity index (χ2n) is 4.30. The van der Waals surface area contributed by atoms with Gasteiger partial charge in [-0.25, -0.2) is 4.39 Å². The van der Waals surface area contributed by atoms with Crippen LogP contribution in [0.25, 0.3) is 0 Å². The second-order valence-corrected chi connectivity index (χ2v) is 4.30. The highest BCUT2D eigenvalue weighted by Gasteiger charge is 2.10. The van der Waals surface area contributed by atoms with Crippen LogP contribution in [0.2, 0.25) is 0 Å². The molecule has 0 bridgehead atoms. The first-order valence-corrected chi connectivity index (χ1v) is 5.72. The summed E-state index contributed by atoms with van der Waals surface area (Å²) in [6, 6.07) is 4.36. The van der Waals surface area contributed by atoms with Gasteiger partial charge in [-0.2, -0.15) is 0 Å². The summed E-state index contributed by atoms with van der Waals surface area (Å²) in [5, 5.41) is 0. The van der Waals surface area contributed by atoms with Gasteiger partial charge in [-0.3, -0.25) is 0 Å². The normalized spacial score (nSPS) is 14.6. The second kappa shape index (κ2) is 5.85. The molecule has 1 aromatic carbocycles. The number of nitrogens with two attached hydrogens (primary N) is 1. The van der Waals surface area contributed by atoms with Crippen molar-refractivity contribution in [3.8, 4) is 5.75 Å². The molecule has 0 saturated carbocycles. The zero-order chi connectivity index (χ0) is 12.1. The molecule has 0 fully saturated rings. The fraction of sp³-hybridized carbons (Fsp3) is 0.538. The summed E-state index contributed by atoms with van der Waals surface area (Å²) in [6.45, 7) is 6.67. The monoisotopic (exact) mass is 225 g/mol. The first-order valence-electron chi connectivity index (χ1n) is 5.72. The van der Waals surface area contributed by atoms with E-state index in [0.717, 1.165) is 12.0 Å². The molecule has 0 aliphatic rings. The van der Waals surface area contributed by atoms with Crippen molar-refractivity contribution < 1.29 is 9.13 Å². The lowest BCUT2D eigenvalue weighted by Gasteiger charge is -2.16. The van der Waals surface area contributed by atoms with Crippen LogP contribution >= 0.6 is 0 Å². The Balaban J connectivity index is 2.80. The van der Waals surface area contributed by atoms with Gasteiger partial charge >= 0.3 is 0 Å². The van der Waals surface area contributed by atoms with Crippen molar-refractivity contribution in [1.29, 1.82) is 0 Å². The minimum atomic E-state index is -0.288. The molecule has 2 nitrogen and oxygen atoms in total. The Morgan fingerprint density at radius 3 is 2.62 bits per heavy atom. The van der Waals surface area contributed by atoms with Gasteiger partial charge in [-0.05, 0) is 18.9 Å². The van der Waals surface area contributed by atoms with Crippen LogP contribution in [0.15, 0.2) is 18.2 Å². The van der Waals surface area contributed by atoms with Crippen LogP contribution in [0.3, 0.4) is 0 Å². The molecule has 2 atom stereocenters. The summed E-state index contributed by atoms with van der Waals surface area (Å²) in [4.78, 5) is 0. The topological polar surface area (TPSA) is 35.2 Å². The van der Waals surface area contributed by atoms with E-state index in [9.17, 15) is 4.39 Å². The molecule has 1 unspecified atom stereocenters. The molecule has 1 rings (SSSR count). The fourth-order valence-corrected chi connectivity index (χ4v) is 1.36. The summed E-state index contributed by atoms with van der Waals surface area (Å²) in [5.41, 5.74) is 6.65. The number of halogens is 1. The van der Waals surface area contributed by atoms with E-state index in [1.165, 1.54) is 12.1 Å². The Morgan fingerprint density at radius 1 is 1.38 bits per heavy atom. The predicted octanol–water partition coefficient (Wildman–Crippen LogP) is 3.27. The maximum Gasteiger partial charge on any atom is 0.126 e. The molecule has 1 aromatic rings. The number of hydrogen-bond acceptors (Lipinski definition) is 2. The van der Waals surface area contributed by atoms with Crippen molar-refractivity contribution in [2.45, 2.75) is 33.2 Å². The number of ether oxygens (including phenoxy) is 1. The van der Waals surface area contributed by atoms with Crippen LogP contribution in [-0.2, 0) is 0 Å². The van der Waals surface area contributed by atoms with Crippen LogP contribution in [0.1, 0.15) is 38.8 Å². The average molecular weight is 225 g/mol. The Hall–Kier alpha value is -1.09. The van der Waals surface area contributed by atoms with E-state index in [0.29, 0.717) is 18.3 Å². The van der Waals surface area contributed by atoms with Crippen molar-refractivity contribution in [3.63, 3.8) is 0 Å². The first kappa shape index (κ1) is 13.0. The Morgan fingerprint density at radius 2 is 2.06 bits per heavy atom. The van der Waals surface area contributed by atoms with Gasteiger partial charge < -0.3 is 10.5 Å². The van der Waals surface area contributed by atoms with Crippen molar-refractivity contribution in [1.82, 2.24) is 0 Å². The molecule has 0 aliphatic heterocycles. The molecular weight excluding hydrogens is 205 g/mol. The number of benzene rings is 1. The van der Waals surface area contributed by atoms with Crippen molar-refractivity contribution in [2.24, 2.45) is 11.7 Å². The third-order valence-corrected chi connectivity index (χ3v) is 2.69. The smallest absolute Gasteiger partial charge is 0.126 e. The zero-order valence-corrected chi connectivity index (χ0v) is 10.2. The van der Waals surface area contributed by atoms with Gasteiger partial charge in [0.15, 0.2) is 0 Å². The van der Waals surface area contributed by atoms with Gasteiger partial charge in [-0.15, -0.1) is 0 Å². The highest BCUT2D eigenvalue weighted by molar-refractivity contribution is 5.36. The van der Waals surface area contributed by atoms with Crippen LogP contribution in [0, 0.1) is 11.7 Å². The van der Waals surface area contributed by atoms with Gasteiger partial charge in [0.2, 0.25) is 0 Å². The fourth-order valence-electron chi connectivity index (χ4n) is 1.36. The third-order valence-electron chi connectivity index (χ3n) is 2.69. The van der Waals surface area contributed by atoms with E-state index in [1.54, 1.807) is 6.07 Å². The number of rotatable bonds is 5. The largest absolute Gasteiger partial charge is 0.493 e. The third kappa shape index (κ3) is 3.49. The van der Waals surface area contributed by atoms with Gasteiger partial charge in [0.25, 0.3) is 0 Å². The van der Waals surface area contributed by atoms with Crippen molar-refractivity contribution in [3.05, 3.63) is 29.6 Å². The Bertz CT molecular complexity index is 339. The zero-order valence-electron chi connectivity index (χ0n) is 10.2. The summed E-state index contributed by atoms with van der Waals surface area (Å²) < 4.78 is 18.7. The predicted molar refractivity (Wildman–Crippen MR) is 64.0 cm³/mol. The molecule has 0 aromatic heterocycles. The summed E-state index contributed by atoms with van der Waals surface area (Å²) in [5.74, 6) is 0.739. The van der Waals surface area contributed by atoms with Gasteiger partial charge in [0.05, 0.1) is 6.61 Å². The minimum Gasteiger partial charge on any atom is -0.493 e. The lowest BCUT2D eigenvalue weighted by atomic mass is 10.1. The minimum absolute atomic E-state index is 0.146. The number of hydrogen-bond donors (Lipinski definition) is 1. The summed E-state index contributed by atoms with van der Waals surface area (Å²) in [7, 11) is 0. The van der Waals surface area contributed by atoms with Crippen molar-refractivity contribution in [2.75, 3.05) is 6.61 Å². The lowest BCUT2D eigenvalue weighted by molar-refractivity contribution is 0.252. The molecule has 2 N–H and O–H groups in total. The lowest BCUT2D eigenvalue weighted by Crippen LogP contribution is -2.12. The van der Waals surface area contributed by atoms with E-state index in [4.69, 9.17) is 10.5 Å². The van der Waals surface area contributed by atoms with Gasteiger partial charge in [0.1, 0.15) is 11.6 Å². The molecule has 0 spiro atoms. The van der Waals surface area contributed by atoms with Crippen LogP contribution in [0.4, 0.5) is 4.39 Å². The molecule has 16 heavy (non-hydrogen) atoms. The average Bonchev–Trinajstić information content (AvgIpc) is 2.25. The highest BCUT2D eigenvalue weighted by atomic mass is 19.1. The van der Waals surface area contributed by atoms with Crippen molar-refractivity contribution >= 4 is 0 Å². The summed E-state index contributed by atoms with van der Waals surface area (Å²) in [6.07, 6.45) is 1.04. The molecule has 0 saturated heterocycles.